The second-order valence-corrected chi connectivity index (χ2v) is 15.7. The Labute approximate surface area is 344 Å². The highest BCUT2D eigenvalue weighted by atomic mass is 15.0. The minimum atomic E-state index is 0.711. The van der Waals surface area contributed by atoms with Gasteiger partial charge in [-0.3, -0.25) is 0 Å². The van der Waals surface area contributed by atoms with Crippen molar-refractivity contribution in [3.63, 3.8) is 0 Å². The van der Waals surface area contributed by atoms with E-state index in [0.29, 0.717) is 5.82 Å². The van der Waals surface area contributed by atoms with Gasteiger partial charge in [0.15, 0.2) is 5.82 Å². The van der Waals surface area contributed by atoms with Crippen LogP contribution in [0.3, 0.4) is 0 Å². The Kier molecular flexibility index (Phi) is 6.98. The molecule has 0 saturated carbocycles. The molecule has 0 atom stereocenters. The number of nitrogens with zero attached hydrogens (tertiary/aromatic N) is 4. The van der Waals surface area contributed by atoms with Gasteiger partial charge >= 0.3 is 0 Å². The quantitative estimate of drug-likeness (QED) is 0.167. The van der Waals surface area contributed by atoms with E-state index in [2.05, 4.69) is 203 Å². The lowest BCUT2D eigenvalue weighted by Crippen LogP contribution is -1.97. The zero-order chi connectivity index (χ0) is 39.3. The second-order valence-electron chi connectivity index (χ2n) is 15.7. The van der Waals surface area contributed by atoms with Crippen LogP contribution in [0.2, 0.25) is 0 Å². The summed E-state index contributed by atoms with van der Waals surface area (Å²) in [6, 6.07) is 74.4. The predicted molar refractivity (Wildman–Crippen MR) is 252 cm³/mol. The lowest BCUT2D eigenvalue weighted by atomic mass is 9.94. The van der Waals surface area contributed by atoms with Gasteiger partial charge in [-0.15, -0.1) is 0 Å². The van der Waals surface area contributed by atoms with Crippen molar-refractivity contribution in [2.75, 3.05) is 0 Å². The second kappa shape index (κ2) is 12.7. The lowest BCUT2D eigenvalue weighted by Gasteiger charge is -2.14. The van der Waals surface area contributed by atoms with E-state index in [9.17, 15) is 0 Å². The first kappa shape index (κ1) is 32.9. The van der Waals surface area contributed by atoms with Crippen LogP contribution in [0.15, 0.2) is 206 Å². The number of rotatable bonds is 4. The first-order valence-electron chi connectivity index (χ1n) is 20.5. The van der Waals surface area contributed by atoms with E-state index in [4.69, 9.17) is 9.97 Å². The highest BCUT2D eigenvalue weighted by Gasteiger charge is 2.22. The topological polar surface area (TPSA) is 35.6 Å². The fourth-order valence-electron chi connectivity index (χ4n) is 9.87. The van der Waals surface area contributed by atoms with Crippen molar-refractivity contribution < 1.29 is 0 Å². The smallest absolute Gasteiger partial charge is 0.160 e. The zero-order valence-corrected chi connectivity index (χ0v) is 32.4. The molecule has 0 saturated heterocycles. The normalized spacial score (nSPS) is 12.0. The molecule has 0 fully saturated rings. The molecule has 60 heavy (non-hydrogen) atoms. The van der Waals surface area contributed by atoms with Gasteiger partial charge in [0.25, 0.3) is 0 Å². The van der Waals surface area contributed by atoms with Gasteiger partial charge in [-0.2, -0.15) is 0 Å². The summed E-state index contributed by atoms with van der Waals surface area (Å²) < 4.78 is 4.91. The maximum Gasteiger partial charge on any atom is 0.160 e. The summed E-state index contributed by atoms with van der Waals surface area (Å²) >= 11 is 0. The van der Waals surface area contributed by atoms with Crippen LogP contribution in [0.4, 0.5) is 0 Å². The molecule has 0 bridgehead atoms. The molecule has 278 valence electrons. The molecule has 13 aromatic rings. The van der Waals surface area contributed by atoms with Gasteiger partial charge in [0, 0.05) is 49.4 Å². The molecular formula is C56H34N4. The molecule has 0 N–H and O–H groups in total. The lowest BCUT2D eigenvalue weighted by molar-refractivity contribution is 1.17. The number of hydrogen-bond acceptors (Lipinski definition) is 2. The third kappa shape index (κ3) is 4.73. The summed E-state index contributed by atoms with van der Waals surface area (Å²) in [6.07, 6.45) is 0. The summed E-state index contributed by atoms with van der Waals surface area (Å²) in [7, 11) is 0. The van der Waals surface area contributed by atoms with Crippen molar-refractivity contribution in [1.82, 2.24) is 19.1 Å². The molecule has 0 radical (unpaired) electrons. The van der Waals surface area contributed by atoms with E-state index in [1.807, 2.05) is 12.1 Å². The van der Waals surface area contributed by atoms with Gasteiger partial charge < -0.3 is 9.13 Å². The first-order valence-corrected chi connectivity index (χ1v) is 20.5. The van der Waals surface area contributed by atoms with Crippen LogP contribution in [0.25, 0.3) is 121 Å². The van der Waals surface area contributed by atoms with Crippen LogP contribution in [0.5, 0.6) is 0 Å². The average Bonchev–Trinajstić information content (AvgIpc) is 3.84. The monoisotopic (exact) mass is 762 g/mol. The molecule has 13 rings (SSSR count). The fourth-order valence-corrected chi connectivity index (χ4v) is 9.87. The summed E-state index contributed by atoms with van der Waals surface area (Å²) in [6.45, 7) is 0. The van der Waals surface area contributed by atoms with Gasteiger partial charge in [-0.1, -0.05) is 146 Å². The van der Waals surface area contributed by atoms with E-state index in [-0.39, 0.29) is 0 Å². The zero-order valence-electron chi connectivity index (χ0n) is 32.4. The standard InChI is InChI=1S/C56H34N4/c1-2-14-35(15-3-1)54-46-21-8-11-23-49(46)57-56(58-54)36-26-28-37(29-27-36)60-50-24-12-9-20-44(50)45-32-33-52-53(55(45)60)47-22-10-13-25-51(47)59(52)38-30-31-43-41-18-5-4-16-39(41)40-17-6-7-19-42(40)48(43)34-38/h1-34H. The van der Waals surface area contributed by atoms with E-state index in [0.717, 1.165) is 39.1 Å². The van der Waals surface area contributed by atoms with Gasteiger partial charge in [0.05, 0.1) is 33.3 Å². The van der Waals surface area contributed by atoms with Crippen molar-refractivity contribution in [2.45, 2.75) is 0 Å². The number of para-hydroxylation sites is 3. The molecule has 3 aromatic heterocycles. The van der Waals surface area contributed by atoms with Crippen LogP contribution in [-0.2, 0) is 0 Å². The van der Waals surface area contributed by atoms with Crippen molar-refractivity contribution in [2.24, 2.45) is 0 Å². The van der Waals surface area contributed by atoms with Crippen molar-refractivity contribution in [1.29, 1.82) is 0 Å². The third-order valence-electron chi connectivity index (χ3n) is 12.5. The van der Waals surface area contributed by atoms with Crippen LogP contribution < -0.4 is 0 Å². The average molecular weight is 763 g/mol. The van der Waals surface area contributed by atoms with Gasteiger partial charge in [0.1, 0.15) is 0 Å². The molecule has 4 nitrogen and oxygen atoms in total. The van der Waals surface area contributed by atoms with Crippen LogP contribution in [-0.4, -0.2) is 19.1 Å². The third-order valence-corrected chi connectivity index (χ3v) is 12.5. The van der Waals surface area contributed by atoms with Crippen LogP contribution in [0, 0.1) is 0 Å². The molecule has 0 aliphatic carbocycles. The Bertz CT molecular complexity index is 3840. The highest BCUT2D eigenvalue weighted by Crippen LogP contribution is 2.43. The highest BCUT2D eigenvalue weighted by molar-refractivity contribution is 6.28. The van der Waals surface area contributed by atoms with Crippen LogP contribution in [0.1, 0.15) is 0 Å². The summed E-state index contributed by atoms with van der Waals surface area (Å²) in [5, 5.41) is 13.6. The number of benzene rings is 10. The first-order chi connectivity index (χ1) is 29.8. The van der Waals surface area contributed by atoms with Gasteiger partial charge in [-0.25, -0.2) is 9.97 Å². The van der Waals surface area contributed by atoms with E-state index >= 15 is 0 Å². The minimum absolute atomic E-state index is 0.711. The Morgan fingerprint density at radius 1 is 0.300 bits per heavy atom. The summed E-state index contributed by atoms with van der Waals surface area (Å²) in [5.74, 6) is 0.711. The maximum atomic E-state index is 5.17. The predicted octanol–water partition coefficient (Wildman–Crippen LogP) is 14.6. The SMILES string of the molecule is c1ccc(-c2nc(-c3ccc(-n4c5ccccc5c5ccc6c(c7ccccc7n6-c6ccc7c8ccccc8c8ccccc8c7c6)c54)cc3)nc3ccccc23)cc1. The Balaban J connectivity index is 1.04. The van der Waals surface area contributed by atoms with E-state index in [1.165, 1.54) is 75.9 Å². The Morgan fingerprint density at radius 2 is 0.833 bits per heavy atom. The Hall–Kier alpha value is -8.08. The maximum absolute atomic E-state index is 5.17. The molecule has 0 aliphatic heterocycles. The summed E-state index contributed by atoms with van der Waals surface area (Å²) in [5.41, 5.74) is 10.9. The molecular weight excluding hydrogens is 729 g/mol. The van der Waals surface area contributed by atoms with E-state index < -0.39 is 0 Å². The molecule has 0 spiro atoms. The van der Waals surface area contributed by atoms with E-state index in [1.54, 1.807) is 0 Å². The van der Waals surface area contributed by atoms with Crippen molar-refractivity contribution in [3.05, 3.63) is 206 Å². The number of hydrogen-bond donors (Lipinski definition) is 0. The fraction of sp³-hybridized carbons (Fsp3) is 0. The minimum Gasteiger partial charge on any atom is -0.309 e. The number of aromatic nitrogens is 4. The van der Waals surface area contributed by atoms with Crippen molar-refractivity contribution in [3.8, 4) is 34.0 Å². The molecule has 10 aromatic carbocycles. The largest absolute Gasteiger partial charge is 0.309 e. The number of fused-ring (bicyclic) bond motifs is 14. The molecule has 0 aliphatic rings. The van der Waals surface area contributed by atoms with Gasteiger partial charge in [-0.05, 0) is 93.0 Å². The summed E-state index contributed by atoms with van der Waals surface area (Å²) in [4.78, 5) is 10.2. The molecule has 0 unspecified atom stereocenters. The van der Waals surface area contributed by atoms with Gasteiger partial charge in [0.2, 0.25) is 0 Å². The molecule has 4 heteroatoms. The molecule has 0 amide bonds. The Morgan fingerprint density at radius 3 is 1.55 bits per heavy atom. The molecule has 3 heterocycles. The van der Waals surface area contributed by atoms with Crippen LogP contribution >= 0.6 is 0 Å². The van der Waals surface area contributed by atoms with Crippen molar-refractivity contribution >= 4 is 86.8 Å².